The topological polar surface area (TPSA) is 35.5 Å². The van der Waals surface area contributed by atoms with Gasteiger partial charge in [0.1, 0.15) is 5.75 Å². The molecule has 2 N–H and O–H groups in total. The zero-order valence-corrected chi connectivity index (χ0v) is 11.7. The molecule has 0 aliphatic carbocycles. The highest BCUT2D eigenvalue weighted by Gasteiger charge is 2.36. The molecule has 2 fully saturated rings. The van der Waals surface area contributed by atoms with E-state index in [-0.39, 0.29) is 0 Å². The minimum absolute atomic E-state index is 0.356. The van der Waals surface area contributed by atoms with E-state index in [9.17, 15) is 5.11 Å². The third-order valence-electron chi connectivity index (χ3n) is 4.75. The summed E-state index contributed by atoms with van der Waals surface area (Å²) in [6.07, 6.45) is 3.80. The predicted molar refractivity (Wildman–Crippen MR) is 77.4 cm³/mol. The third kappa shape index (κ3) is 2.77. The van der Waals surface area contributed by atoms with Gasteiger partial charge in [-0.25, -0.2) is 0 Å². The lowest BCUT2D eigenvalue weighted by molar-refractivity contribution is 0.0848. The Bertz CT molecular complexity index is 417. The van der Waals surface area contributed by atoms with Crippen molar-refractivity contribution < 1.29 is 5.11 Å². The number of piperidine rings is 1. The molecule has 3 atom stereocenters. The fraction of sp³-hybridized carbons (Fsp3) is 0.625. The summed E-state index contributed by atoms with van der Waals surface area (Å²) in [6.45, 7) is 5.94. The van der Waals surface area contributed by atoms with Gasteiger partial charge in [-0.1, -0.05) is 12.1 Å². The molecule has 1 aromatic rings. The first-order valence-corrected chi connectivity index (χ1v) is 7.48. The van der Waals surface area contributed by atoms with E-state index in [1.807, 2.05) is 12.1 Å². The van der Waals surface area contributed by atoms with Crippen LogP contribution in [0.3, 0.4) is 0 Å². The number of nitrogens with one attached hydrogen (secondary N) is 1. The van der Waals surface area contributed by atoms with E-state index >= 15 is 0 Å². The molecule has 2 heterocycles. The number of aromatic hydroxyl groups is 1. The van der Waals surface area contributed by atoms with Gasteiger partial charge in [-0.3, -0.25) is 4.90 Å². The van der Waals surface area contributed by atoms with Gasteiger partial charge in [0, 0.05) is 18.6 Å². The summed E-state index contributed by atoms with van der Waals surface area (Å²) in [5.41, 5.74) is 1.32. The van der Waals surface area contributed by atoms with Crippen molar-refractivity contribution >= 4 is 0 Å². The fourth-order valence-electron chi connectivity index (χ4n) is 3.74. The van der Waals surface area contributed by atoms with Crippen molar-refractivity contribution in [3.8, 4) is 5.75 Å². The average molecular weight is 260 g/mol. The quantitative estimate of drug-likeness (QED) is 0.872. The van der Waals surface area contributed by atoms with Crippen LogP contribution in [0, 0.1) is 5.92 Å². The molecule has 2 aliphatic heterocycles. The molecule has 3 nitrogen and oxygen atoms in total. The Morgan fingerprint density at radius 3 is 2.89 bits per heavy atom. The zero-order chi connectivity index (χ0) is 13.2. The van der Waals surface area contributed by atoms with Gasteiger partial charge in [0.25, 0.3) is 0 Å². The van der Waals surface area contributed by atoms with Crippen molar-refractivity contribution in [1.82, 2.24) is 10.2 Å². The number of hydrogen-bond acceptors (Lipinski definition) is 3. The molecule has 3 rings (SSSR count). The van der Waals surface area contributed by atoms with Crippen molar-refractivity contribution in [3.05, 3.63) is 29.8 Å². The number of likely N-dealkylation sites (tertiary alicyclic amines) is 1. The number of nitrogens with zero attached hydrogens (tertiary/aromatic N) is 1. The molecule has 0 aromatic heterocycles. The van der Waals surface area contributed by atoms with Crippen LogP contribution >= 0.6 is 0 Å². The van der Waals surface area contributed by atoms with Gasteiger partial charge in [-0.2, -0.15) is 0 Å². The second kappa shape index (κ2) is 5.51. The molecule has 3 unspecified atom stereocenters. The zero-order valence-electron chi connectivity index (χ0n) is 11.7. The van der Waals surface area contributed by atoms with E-state index in [0.717, 1.165) is 24.9 Å². The maximum Gasteiger partial charge on any atom is 0.115 e. The van der Waals surface area contributed by atoms with Crippen molar-refractivity contribution in [2.75, 3.05) is 19.6 Å². The highest BCUT2D eigenvalue weighted by atomic mass is 16.3. The van der Waals surface area contributed by atoms with Crippen LogP contribution in [0.2, 0.25) is 0 Å². The van der Waals surface area contributed by atoms with E-state index < -0.39 is 0 Å². The first-order chi connectivity index (χ1) is 9.24. The Hall–Kier alpha value is -1.06. The number of benzene rings is 1. The van der Waals surface area contributed by atoms with Crippen LogP contribution in [0.25, 0.3) is 0 Å². The largest absolute Gasteiger partial charge is 0.508 e. The summed E-state index contributed by atoms with van der Waals surface area (Å²) in [5, 5.41) is 12.9. The number of hydrogen-bond donors (Lipinski definition) is 2. The molecule has 0 bridgehead atoms. The van der Waals surface area contributed by atoms with E-state index in [2.05, 4.69) is 17.1 Å². The molecule has 1 aromatic carbocycles. The third-order valence-corrected chi connectivity index (χ3v) is 4.75. The molecule has 0 radical (unpaired) electrons. The Kier molecular flexibility index (Phi) is 3.76. The van der Waals surface area contributed by atoms with Crippen molar-refractivity contribution in [3.63, 3.8) is 0 Å². The molecule has 2 aliphatic rings. The second-order valence-corrected chi connectivity index (χ2v) is 6.09. The summed E-state index contributed by atoms with van der Waals surface area (Å²) in [6, 6.07) is 8.98. The lowest BCUT2D eigenvalue weighted by Gasteiger charge is -2.41. The lowest BCUT2D eigenvalue weighted by Crippen LogP contribution is -2.50. The Labute approximate surface area is 115 Å². The van der Waals surface area contributed by atoms with Crippen molar-refractivity contribution in [2.45, 2.75) is 38.3 Å². The van der Waals surface area contributed by atoms with Crippen LogP contribution in [0.5, 0.6) is 5.75 Å². The summed E-state index contributed by atoms with van der Waals surface area (Å²) in [4.78, 5) is 2.70. The average Bonchev–Trinajstić information content (AvgIpc) is 2.89. The van der Waals surface area contributed by atoms with Gasteiger partial charge in [0.2, 0.25) is 0 Å². The van der Waals surface area contributed by atoms with Crippen LogP contribution in [0.4, 0.5) is 0 Å². The molecule has 0 amide bonds. The Morgan fingerprint density at radius 1 is 1.32 bits per heavy atom. The summed E-state index contributed by atoms with van der Waals surface area (Å²) < 4.78 is 0. The van der Waals surface area contributed by atoms with Gasteiger partial charge in [0.05, 0.1) is 0 Å². The van der Waals surface area contributed by atoms with Crippen molar-refractivity contribution in [1.29, 1.82) is 0 Å². The molecule has 104 valence electrons. The van der Waals surface area contributed by atoms with Crippen LogP contribution in [0.15, 0.2) is 24.3 Å². The highest BCUT2D eigenvalue weighted by Crippen LogP contribution is 2.28. The van der Waals surface area contributed by atoms with Crippen molar-refractivity contribution in [2.24, 2.45) is 5.92 Å². The summed E-state index contributed by atoms with van der Waals surface area (Å²) in [5.74, 6) is 1.21. The lowest BCUT2D eigenvalue weighted by atomic mass is 9.90. The molecular weight excluding hydrogens is 236 g/mol. The van der Waals surface area contributed by atoms with Gasteiger partial charge in [0.15, 0.2) is 0 Å². The maximum absolute atomic E-state index is 9.34. The molecular formula is C16H24N2O. The normalized spacial score (nSPS) is 29.1. The monoisotopic (exact) mass is 260 g/mol. The first-order valence-electron chi connectivity index (χ1n) is 7.48. The summed E-state index contributed by atoms with van der Waals surface area (Å²) >= 11 is 0. The SMILES string of the molecule is CC(Cc1ccc(O)cc1)N1CCCC2CNCC21. The number of phenolic OH excluding ortho intramolecular Hbond substituents is 1. The number of rotatable bonds is 3. The smallest absolute Gasteiger partial charge is 0.115 e. The molecule has 0 saturated carbocycles. The molecule has 3 heteroatoms. The van der Waals surface area contributed by atoms with Crippen LogP contribution in [-0.4, -0.2) is 41.7 Å². The second-order valence-electron chi connectivity index (χ2n) is 6.09. The van der Waals surface area contributed by atoms with E-state index in [1.165, 1.54) is 31.5 Å². The standard InChI is InChI=1S/C16H24N2O/c1-12(9-13-4-6-15(19)7-5-13)18-8-2-3-14-10-17-11-16(14)18/h4-7,12,14,16-17,19H,2-3,8-11H2,1H3. The van der Waals surface area contributed by atoms with E-state index in [0.29, 0.717) is 11.8 Å². The number of phenols is 1. The van der Waals surface area contributed by atoms with Gasteiger partial charge < -0.3 is 10.4 Å². The minimum atomic E-state index is 0.356. The predicted octanol–water partition coefficient (Wildman–Crippen LogP) is 2.01. The van der Waals surface area contributed by atoms with E-state index in [4.69, 9.17) is 0 Å². The van der Waals surface area contributed by atoms with Gasteiger partial charge in [-0.05, 0) is 62.9 Å². The van der Waals surface area contributed by atoms with Crippen LogP contribution in [-0.2, 0) is 6.42 Å². The Balaban J connectivity index is 1.65. The van der Waals surface area contributed by atoms with Gasteiger partial charge in [-0.15, -0.1) is 0 Å². The van der Waals surface area contributed by atoms with E-state index in [1.54, 1.807) is 12.1 Å². The highest BCUT2D eigenvalue weighted by molar-refractivity contribution is 5.26. The molecule has 0 spiro atoms. The Morgan fingerprint density at radius 2 is 2.11 bits per heavy atom. The maximum atomic E-state index is 9.34. The fourth-order valence-corrected chi connectivity index (χ4v) is 3.74. The van der Waals surface area contributed by atoms with Gasteiger partial charge >= 0.3 is 0 Å². The molecule has 19 heavy (non-hydrogen) atoms. The number of fused-ring (bicyclic) bond motifs is 1. The van der Waals surface area contributed by atoms with Crippen LogP contribution < -0.4 is 5.32 Å². The van der Waals surface area contributed by atoms with Crippen LogP contribution in [0.1, 0.15) is 25.3 Å². The summed E-state index contributed by atoms with van der Waals surface area (Å²) in [7, 11) is 0. The first kappa shape index (κ1) is 12.9. The minimum Gasteiger partial charge on any atom is -0.508 e. The molecule has 2 saturated heterocycles.